The minimum absolute atomic E-state index is 0. The molecule has 0 saturated heterocycles. The van der Waals surface area contributed by atoms with Crippen molar-refractivity contribution in [2.75, 3.05) is 6.54 Å². The number of unbranched alkanes of at least 4 members (excludes halogenated alkanes) is 1. The Kier molecular flexibility index (Phi) is 7.19. The highest BCUT2D eigenvalue weighted by molar-refractivity contribution is 7.10. The van der Waals surface area contributed by atoms with E-state index in [4.69, 9.17) is 11.5 Å². The largest absolute Gasteiger partial charge is 0.330 e. The molecule has 1 heterocycles. The van der Waals surface area contributed by atoms with E-state index in [1.54, 1.807) is 11.3 Å². The van der Waals surface area contributed by atoms with E-state index in [1.807, 2.05) is 0 Å². The third-order valence-electron chi connectivity index (χ3n) is 2.21. The molecule has 0 bridgehead atoms. The average molecular weight is 235 g/mol. The molecule has 4 N–H and O–H groups in total. The van der Waals surface area contributed by atoms with Crippen molar-refractivity contribution in [1.29, 1.82) is 0 Å². The second kappa shape index (κ2) is 7.23. The summed E-state index contributed by atoms with van der Waals surface area (Å²) in [5, 5.41) is 2.10. The van der Waals surface area contributed by atoms with Gasteiger partial charge in [0.2, 0.25) is 0 Å². The normalized spacial score (nSPS) is 12.2. The van der Waals surface area contributed by atoms with E-state index < -0.39 is 0 Å². The molecule has 0 aliphatic carbocycles. The van der Waals surface area contributed by atoms with Crippen LogP contribution in [0.25, 0.3) is 0 Å². The van der Waals surface area contributed by atoms with Gasteiger partial charge in [0.05, 0.1) is 0 Å². The molecule has 0 unspecified atom stereocenters. The van der Waals surface area contributed by atoms with E-state index in [-0.39, 0.29) is 18.4 Å². The molecule has 0 aliphatic rings. The number of rotatable bonds is 5. The first-order valence-electron chi connectivity index (χ1n) is 4.75. The van der Waals surface area contributed by atoms with Crippen molar-refractivity contribution in [3.63, 3.8) is 0 Å². The minimum atomic E-state index is 0. The zero-order valence-electron chi connectivity index (χ0n) is 8.53. The Labute approximate surface area is 96.1 Å². The van der Waals surface area contributed by atoms with Crippen molar-refractivity contribution >= 4 is 23.7 Å². The maximum absolute atomic E-state index is 6.05. The molecule has 1 aromatic rings. The first kappa shape index (κ1) is 13.9. The highest BCUT2D eigenvalue weighted by Gasteiger charge is 2.09. The molecular formula is C10H19ClN2S. The molecule has 0 amide bonds. The van der Waals surface area contributed by atoms with Crippen molar-refractivity contribution in [1.82, 2.24) is 0 Å². The Balaban J connectivity index is 0.00000169. The highest BCUT2D eigenvalue weighted by Crippen LogP contribution is 2.25. The van der Waals surface area contributed by atoms with Crippen LogP contribution >= 0.6 is 23.7 Å². The number of halogens is 1. The van der Waals surface area contributed by atoms with Crippen molar-refractivity contribution in [3.05, 3.63) is 21.9 Å². The monoisotopic (exact) mass is 234 g/mol. The standard InChI is InChI=1S/C10H18N2S.ClH/c1-8-5-7-13-10(8)9(12)4-2-3-6-11;/h5,7,9H,2-4,6,11-12H2,1H3;1H/t9-;/m0./s1. The molecule has 82 valence electrons. The van der Waals surface area contributed by atoms with Crippen molar-refractivity contribution in [3.8, 4) is 0 Å². The second-order valence-electron chi connectivity index (χ2n) is 3.36. The Morgan fingerprint density at radius 1 is 1.43 bits per heavy atom. The number of hydrogen-bond donors (Lipinski definition) is 2. The number of nitrogens with two attached hydrogens (primary N) is 2. The SMILES string of the molecule is Cc1ccsc1[C@@H](N)CCCCN.Cl. The van der Waals surface area contributed by atoms with Crippen LogP contribution in [0.4, 0.5) is 0 Å². The van der Waals surface area contributed by atoms with Crippen LogP contribution in [0.5, 0.6) is 0 Å². The summed E-state index contributed by atoms with van der Waals surface area (Å²) in [4.78, 5) is 1.33. The van der Waals surface area contributed by atoms with Gasteiger partial charge in [-0.3, -0.25) is 0 Å². The lowest BCUT2D eigenvalue weighted by Crippen LogP contribution is -2.10. The fraction of sp³-hybridized carbons (Fsp3) is 0.600. The third kappa shape index (κ3) is 3.96. The van der Waals surface area contributed by atoms with Gasteiger partial charge in [-0.05, 0) is 43.3 Å². The molecule has 1 rings (SSSR count). The molecule has 14 heavy (non-hydrogen) atoms. The van der Waals surface area contributed by atoms with Crippen LogP contribution in [0.3, 0.4) is 0 Å². The first-order chi connectivity index (χ1) is 6.25. The van der Waals surface area contributed by atoms with Crippen molar-refractivity contribution in [2.45, 2.75) is 32.2 Å². The molecule has 0 spiro atoms. The van der Waals surface area contributed by atoms with Gasteiger partial charge in [-0.15, -0.1) is 23.7 Å². The topological polar surface area (TPSA) is 52.0 Å². The van der Waals surface area contributed by atoms with Gasteiger partial charge in [-0.2, -0.15) is 0 Å². The Morgan fingerprint density at radius 2 is 2.14 bits per heavy atom. The summed E-state index contributed by atoms with van der Waals surface area (Å²) in [5.41, 5.74) is 12.8. The van der Waals surface area contributed by atoms with Crippen LogP contribution in [-0.4, -0.2) is 6.54 Å². The summed E-state index contributed by atoms with van der Waals surface area (Å²) >= 11 is 1.76. The van der Waals surface area contributed by atoms with E-state index in [2.05, 4.69) is 18.4 Å². The molecule has 0 aliphatic heterocycles. The van der Waals surface area contributed by atoms with Gasteiger partial charge >= 0.3 is 0 Å². The fourth-order valence-electron chi connectivity index (χ4n) is 1.40. The molecule has 1 aromatic heterocycles. The predicted octanol–water partition coefficient (Wildman–Crippen LogP) is 2.61. The van der Waals surface area contributed by atoms with Crippen LogP contribution in [-0.2, 0) is 0 Å². The van der Waals surface area contributed by atoms with E-state index in [1.165, 1.54) is 10.4 Å². The van der Waals surface area contributed by atoms with E-state index in [9.17, 15) is 0 Å². The molecule has 1 atom stereocenters. The summed E-state index contributed by atoms with van der Waals surface area (Å²) in [5.74, 6) is 0. The van der Waals surface area contributed by atoms with Crippen LogP contribution < -0.4 is 11.5 Å². The lowest BCUT2D eigenvalue weighted by atomic mass is 10.1. The van der Waals surface area contributed by atoms with Gasteiger partial charge in [0, 0.05) is 10.9 Å². The van der Waals surface area contributed by atoms with Crippen LogP contribution in [0.2, 0.25) is 0 Å². The van der Waals surface area contributed by atoms with Gasteiger partial charge in [-0.25, -0.2) is 0 Å². The molecule has 2 nitrogen and oxygen atoms in total. The molecule has 0 aromatic carbocycles. The predicted molar refractivity (Wildman–Crippen MR) is 66.1 cm³/mol. The minimum Gasteiger partial charge on any atom is -0.330 e. The summed E-state index contributed by atoms with van der Waals surface area (Å²) in [6.07, 6.45) is 3.27. The summed E-state index contributed by atoms with van der Waals surface area (Å²) in [6, 6.07) is 2.34. The van der Waals surface area contributed by atoms with Gasteiger partial charge < -0.3 is 11.5 Å². The van der Waals surface area contributed by atoms with Gasteiger partial charge in [0.15, 0.2) is 0 Å². The molecular weight excluding hydrogens is 216 g/mol. The van der Waals surface area contributed by atoms with E-state index in [0.29, 0.717) is 0 Å². The summed E-state index contributed by atoms with van der Waals surface area (Å²) in [6.45, 7) is 2.89. The average Bonchev–Trinajstić information content (AvgIpc) is 2.52. The fourth-order valence-corrected chi connectivity index (χ4v) is 2.37. The highest BCUT2D eigenvalue weighted by atomic mass is 35.5. The molecule has 4 heteroatoms. The molecule has 0 saturated carbocycles. The van der Waals surface area contributed by atoms with Crippen LogP contribution in [0.15, 0.2) is 11.4 Å². The molecule has 0 fully saturated rings. The van der Waals surface area contributed by atoms with Gasteiger partial charge in [0.25, 0.3) is 0 Å². The maximum atomic E-state index is 6.05. The zero-order valence-corrected chi connectivity index (χ0v) is 10.2. The number of thiophene rings is 1. The summed E-state index contributed by atoms with van der Waals surface area (Å²) < 4.78 is 0. The van der Waals surface area contributed by atoms with Gasteiger partial charge in [0.1, 0.15) is 0 Å². The summed E-state index contributed by atoms with van der Waals surface area (Å²) in [7, 11) is 0. The Bertz CT molecular complexity index is 250. The number of hydrogen-bond acceptors (Lipinski definition) is 3. The third-order valence-corrected chi connectivity index (χ3v) is 3.36. The van der Waals surface area contributed by atoms with Crippen LogP contribution in [0, 0.1) is 6.92 Å². The smallest absolute Gasteiger partial charge is 0.0392 e. The van der Waals surface area contributed by atoms with Crippen LogP contribution in [0.1, 0.15) is 35.7 Å². The molecule has 0 radical (unpaired) electrons. The quantitative estimate of drug-likeness (QED) is 0.770. The van der Waals surface area contributed by atoms with Crippen molar-refractivity contribution < 1.29 is 0 Å². The Hall–Kier alpha value is -0.0900. The van der Waals surface area contributed by atoms with Gasteiger partial charge in [-0.1, -0.05) is 6.42 Å². The van der Waals surface area contributed by atoms with E-state index >= 15 is 0 Å². The van der Waals surface area contributed by atoms with E-state index in [0.717, 1.165) is 25.8 Å². The second-order valence-corrected chi connectivity index (χ2v) is 4.31. The lowest BCUT2D eigenvalue weighted by Gasteiger charge is -2.10. The maximum Gasteiger partial charge on any atom is 0.0392 e. The number of aryl methyl sites for hydroxylation is 1. The van der Waals surface area contributed by atoms with Crippen molar-refractivity contribution in [2.24, 2.45) is 11.5 Å². The lowest BCUT2D eigenvalue weighted by molar-refractivity contribution is 0.596. The zero-order chi connectivity index (χ0) is 9.68. The first-order valence-corrected chi connectivity index (χ1v) is 5.63. The Morgan fingerprint density at radius 3 is 2.64 bits per heavy atom.